The average molecular weight is 404 g/mol. The van der Waals surface area contributed by atoms with Gasteiger partial charge in [0.1, 0.15) is 11.5 Å². The van der Waals surface area contributed by atoms with Gasteiger partial charge in [-0.05, 0) is 48.5 Å². The Morgan fingerprint density at radius 1 is 0.655 bits per heavy atom. The Kier molecular flexibility index (Phi) is 7.90. The van der Waals surface area contributed by atoms with Crippen molar-refractivity contribution in [1.29, 1.82) is 0 Å². The molecule has 0 amide bonds. The van der Waals surface area contributed by atoms with Crippen LogP contribution in [-0.2, 0) is 19.1 Å². The molecule has 0 aromatic heterocycles. The molecular weight excluding hydrogens is 384 g/mol. The predicted octanol–water partition coefficient (Wildman–Crippen LogP) is 2.94. The van der Waals surface area contributed by atoms with Gasteiger partial charge in [-0.2, -0.15) is 0 Å². The summed E-state index contributed by atoms with van der Waals surface area (Å²) < 4.78 is 20.1. The van der Waals surface area contributed by atoms with E-state index in [-0.39, 0.29) is 11.1 Å². The second-order valence-electron chi connectivity index (χ2n) is 5.86. The summed E-state index contributed by atoms with van der Waals surface area (Å²) in [6, 6.07) is 12.5. The molecule has 0 unspecified atom stereocenters. The molecule has 0 aliphatic rings. The molecule has 152 valence electrons. The molecule has 0 saturated carbocycles. The van der Waals surface area contributed by atoms with Crippen LogP contribution in [0.3, 0.4) is 0 Å². The third-order valence-electron chi connectivity index (χ3n) is 3.48. The second-order valence-corrected chi connectivity index (χ2v) is 5.86. The van der Waals surface area contributed by atoms with Crippen molar-refractivity contribution in [2.24, 2.45) is 0 Å². The lowest BCUT2D eigenvalue weighted by Crippen LogP contribution is -2.09. The van der Waals surface area contributed by atoms with Crippen molar-refractivity contribution in [3.05, 3.63) is 59.7 Å². The summed E-state index contributed by atoms with van der Waals surface area (Å²) in [7, 11) is 0. The van der Waals surface area contributed by atoms with Crippen LogP contribution in [0.2, 0.25) is 0 Å². The Balaban J connectivity index is 1.70. The summed E-state index contributed by atoms with van der Waals surface area (Å²) >= 11 is 0. The number of hydrogen-bond acceptors (Lipinski definition) is 8. The SMILES string of the molecule is CC(=O)OC(=O)c1ccc(O[14CH2]C[14CH2]Oc2ccc(C(=O)OC(C)=O)cc2)cc1. The second kappa shape index (κ2) is 10.6. The van der Waals surface area contributed by atoms with Crippen molar-refractivity contribution in [1.82, 2.24) is 0 Å². The smallest absolute Gasteiger partial charge is 0.345 e. The minimum atomic E-state index is -0.710. The van der Waals surface area contributed by atoms with Gasteiger partial charge in [0.15, 0.2) is 0 Å². The first-order valence-corrected chi connectivity index (χ1v) is 8.76. The zero-order chi connectivity index (χ0) is 21.2. The molecule has 2 rings (SSSR count). The maximum atomic E-state index is 11.6. The van der Waals surface area contributed by atoms with Crippen LogP contribution >= 0.6 is 0 Å². The molecule has 0 bridgehead atoms. The molecule has 0 N–H and O–H groups in total. The normalized spacial score (nSPS) is 10.0. The minimum absolute atomic E-state index is 0.256. The van der Waals surface area contributed by atoms with Crippen molar-refractivity contribution in [3.63, 3.8) is 0 Å². The van der Waals surface area contributed by atoms with E-state index in [1.807, 2.05) is 0 Å². The molecule has 0 fully saturated rings. The Bertz CT molecular complexity index is 795. The third-order valence-corrected chi connectivity index (χ3v) is 3.48. The van der Waals surface area contributed by atoms with E-state index >= 15 is 0 Å². The molecule has 0 radical (unpaired) electrons. The van der Waals surface area contributed by atoms with Gasteiger partial charge >= 0.3 is 23.9 Å². The highest BCUT2D eigenvalue weighted by atomic mass is 16.7. The number of benzene rings is 2. The van der Waals surface area contributed by atoms with Gasteiger partial charge in [0.2, 0.25) is 0 Å². The Labute approximate surface area is 167 Å². The molecule has 2 aromatic carbocycles. The quantitative estimate of drug-likeness (QED) is 0.376. The first kappa shape index (κ1) is 21.6. The molecule has 0 spiro atoms. The van der Waals surface area contributed by atoms with E-state index in [1.165, 1.54) is 24.3 Å². The topological polar surface area (TPSA) is 105 Å². The van der Waals surface area contributed by atoms with E-state index in [0.717, 1.165) is 13.8 Å². The highest BCUT2D eigenvalue weighted by Gasteiger charge is 2.10. The van der Waals surface area contributed by atoms with Crippen molar-refractivity contribution in [2.45, 2.75) is 20.3 Å². The summed E-state index contributed by atoms with van der Waals surface area (Å²) in [5.41, 5.74) is 0.512. The van der Waals surface area contributed by atoms with Crippen LogP contribution in [0.25, 0.3) is 0 Å². The van der Waals surface area contributed by atoms with Crippen molar-refractivity contribution in [2.75, 3.05) is 13.2 Å². The van der Waals surface area contributed by atoms with E-state index in [1.54, 1.807) is 24.3 Å². The predicted molar refractivity (Wildman–Crippen MR) is 101 cm³/mol. The average Bonchev–Trinajstić information content (AvgIpc) is 2.67. The molecule has 0 aliphatic heterocycles. The fourth-order valence-electron chi connectivity index (χ4n) is 2.19. The number of carbonyl (C=O) groups is 4. The number of hydrogen-bond donors (Lipinski definition) is 0. The zero-order valence-electron chi connectivity index (χ0n) is 16.0. The summed E-state index contributed by atoms with van der Waals surface area (Å²) in [5, 5.41) is 0. The summed E-state index contributed by atoms with van der Waals surface area (Å²) in [6.45, 7) is 3.10. The molecule has 0 aliphatic carbocycles. The first-order valence-electron chi connectivity index (χ1n) is 8.76. The van der Waals surface area contributed by atoms with E-state index < -0.39 is 23.9 Å². The fraction of sp³-hybridized carbons (Fsp3) is 0.238. The molecule has 8 nitrogen and oxygen atoms in total. The van der Waals surface area contributed by atoms with Crippen molar-refractivity contribution >= 4 is 23.9 Å². The maximum Gasteiger partial charge on any atom is 0.345 e. The number of carbonyl (C=O) groups excluding carboxylic acids is 4. The van der Waals surface area contributed by atoms with E-state index in [4.69, 9.17) is 9.47 Å². The lowest BCUT2D eigenvalue weighted by molar-refractivity contribution is -0.136. The Morgan fingerprint density at radius 3 is 1.31 bits per heavy atom. The number of esters is 4. The standard InChI is InChI=1S/C21H20O8/c1-14(22)28-20(24)16-4-8-18(9-5-16)26-12-3-13-27-19-10-6-17(7-11-19)21(25)29-15(2)23/h4-11H,3,12-13H2,1-2H3/i12+2,13+2. The monoisotopic (exact) mass is 404 g/mol. The van der Waals surface area contributed by atoms with E-state index in [0.29, 0.717) is 31.1 Å². The van der Waals surface area contributed by atoms with Gasteiger partial charge in [-0.15, -0.1) is 0 Å². The van der Waals surface area contributed by atoms with Gasteiger partial charge in [0.05, 0.1) is 24.3 Å². The highest BCUT2D eigenvalue weighted by Crippen LogP contribution is 2.15. The lowest BCUT2D eigenvalue weighted by Gasteiger charge is -2.09. The van der Waals surface area contributed by atoms with Gasteiger partial charge in [0, 0.05) is 20.3 Å². The largest absolute Gasteiger partial charge is 0.493 e. The first-order chi connectivity index (χ1) is 13.8. The molecule has 2 aromatic rings. The molecule has 29 heavy (non-hydrogen) atoms. The van der Waals surface area contributed by atoms with E-state index in [9.17, 15) is 19.2 Å². The highest BCUT2D eigenvalue weighted by molar-refractivity contribution is 5.96. The van der Waals surface area contributed by atoms with Crippen LogP contribution in [0.1, 0.15) is 41.0 Å². The van der Waals surface area contributed by atoms with Crippen molar-refractivity contribution < 1.29 is 38.1 Å². The number of ether oxygens (including phenoxy) is 4. The van der Waals surface area contributed by atoms with Crippen LogP contribution in [0.15, 0.2) is 48.5 Å². The van der Waals surface area contributed by atoms with Crippen LogP contribution < -0.4 is 9.47 Å². The third kappa shape index (κ3) is 7.45. The van der Waals surface area contributed by atoms with Crippen LogP contribution in [-0.4, -0.2) is 37.1 Å². The molecule has 0 atom stereocenters. The van der Waals surface area contributed by atoms with Gasteiger partial charge in [-0.1, -0.05) is 0 Å². The van der Waals surface area contributed by atoms with Gasteiger partial charge in [0.25, 0.3) is 0 Å². The van der Waals surface area contributed by atoms with E-state index in [2.05, 4.69) is 9.47 Å². The molecular formula is C21H20O8. The zero-order valence-corrected chi connectivity index (χ0v) is 16.0. The molecule has 0 heterocycles. The van der Waals surface area contributed by atoms with Gasteiger partial charge in [-0.25, -0.2) is 9.59 Å². The van der Waals surface area contributed by atoms with Gasteiger partial charge < -0.3 is 18.9 Å². The summed E-state index contributed by atoms with van der Waals surface area (Å²) in [4.78, 5) is 44.7. The number of rotatable bonds is 8. The van der Waals surface area contributed by atoms with Gasteiger partial charge in [-0.3, -0.25) is 9.59 Å². The molecule has 8 heteroatoms. The van der Waals surface area contributed by atoms with Crippen molar-refractivity contribution in [3.8, 4) is 11.5 Å². The Hall–Kier alpha value is -3.68. The van der Waals surface area contributed by atoms with Crippen LogP contribution in [0, 0.1) is 0 Å². The van der Waals surface area contributed by atoms with Crippen LogP contribution in [0.5, 0.6) is 11.5 Å². The molecule has 0 saturated heterocycles. The van der Waals surface area contributed by atoms with Crippen LogP contribution in [0.4, 0.5) is 0 Å². The fourth-order valence-corrected chi connectivity index (χ4v) is 2.19. The minimum Gasteiger partial charge on any atom is -0.493 e. The maximum absolute atomic E-state index is 11.6. The summed E-state index contributed by atoms with van der Waals surface area (Å²) in [6.07, 6.45) is 0.599. The lowest BCUT2D eigenvalue weighted by atomic mass is 10.2. The Morgan fingerprint density at radius 2 is 1.00 bits per heavy atom. The summed E-state index contributed by atoms with van der Waals surface area (Å²) in [5.74, 6) is -1.62.